The first kappa shape index (κ1) is 9.36. The van der Waals surface area contributed by atoms with Gasteiger partial charge in [0.15, 0.2) is 0 Å². The number of hydrogen-bond acceptors (Lipinski definition) is 2. The summed E-state index contributed by atoms with van der Waals surface area (Å²) in [7, 11) is 0. The number of hydrogen-bond donors (Lipinski definition) is 0. The Morgan fingerprint density at radius 3 is 2.69 bits per heavy atom. The van der Waals surface area contributed by atoms with Gasteiger partial charge in [-0.05, 0) is 5.56 Å². The smallest absolute Gasteiger partial charge is 0.251 e. The summed E-state index contributed by atoms with van der Waals surface area (Å²) >= 11 is 0. The van der Waals surface area contributed by atoms with Crippen LogP contribution in [-0.4, -0.2) is 11.9 Å². The number of benzene rings is 1. The van der Waals surface area contributed by atoms with Crippen molar-refractivity contribution in [3.05, 3.63) is 35.9 Å². The lowest BCUT2D eigenvalue weighted by atomic mass is 10.2. The molecule has 3 heteroatoms. The fourth-order valence-corrected chi connectivity index (χ4v) is 0.816. The molecule has 0 radical (unpaired) electrons. The summed E-state index contributed by atoms with van der Waals surface area (Å²) in [6.45, 7) is 1.88. The third-order valence-corrected chi connectivity index (χ3v) is 1.38. The number of aliphatic imine (C=N–C) groups is 2. The summed E-state index contributed by atoms with van der Waals surface area (Å²) in [5.41, 5.74) is 1.08. The summed E-state index contributed by atoms with van der Waals surface area (Å²) in [5.74, 6) is -0.281. The molecule has 0 heterocycles. The number of rotatable bonds is 2. The minimum Gasteiger partial charge on any atom is -0.272 e. The maximum absolute atomic E-state index is 10.4. The van der Waals surface area contributed by atoms with Gasteiger partial charge >= 0.3 is 0 Å². The molecular formula is C10H10N2O. The Kier molecular flexibility index (Phi) is 3.61. The van der Waals surface area contributed by atoms with E-state index in [4.69, 9.17) is 0 Å². The van der Waals surface area contributed by atoms with Gasteiger partial charge < -0.3 is 0 Å². The molecular weight excluding hydrogens is 164 g/mol. The predicted molar refractivity (Wildman–Crippen MR) is 50.7 cm³/mol. The second-order valence-corrected chi connectivity index (χ2v) is 2.53. The van der Waals surface area contributed by atoms with Crippen molar-refractivity contribution in [3.63, 3.8) is 0 Å². The standard InChI is InChI=1S/C10H10N2O/c1-9(13)12-8-11-7-10-5-3-2-4-6-10/h2-6H,7H2,1H3. The minimum absolute atomic E-state index is 0.281. The lowest BCUT2D eigenvalue weighted by Crippen LogP contribution is -1.81. The van der Waals surface area contributed by atoms with Crippen LogP contribution in [0.1, 0.15) is 12.5 Å². The monoisotopic (exact) mass is 174 g/mol. The molecule has 0 bridgehead atoms. The summed E-state index contributed by atoms with van der Waals surface area (Å²) in [6, 6.07) is 12.1. The molecule has 1 aromatic carbocycles. The summed E-state index contributed by atoms with van der Waals surface area (Å²) in [4.78, 5) is 17.6. The largest absolute Gasteiger partial charge is 0.272 e. The maximum atomic E-state index is 10.4. The molecule has 0 spiro atoms. The van der Waals surface area contributed by atoms with Crippen LogP contribution < -0.4 is 0 Å². The highest BCUT2D eigenvalue weighted by Gasteiger charge is 1.85. The zero-order valence-corrected chi connectivity index (χ0v) is 7.40. The van der Waals surface area contributed by atoms with Crippen LogP contribution in [0.5, 0.6) is 0 Å². The van der Waals surface area contributed by atoms with Crippen LogP contribution in [0.3, 0.4) is 0 Å². The van der Waals surface area contributed by atoms with Crippen molar-refractivity contribution in [2.75, 3.05) is 0 Å². The van der Waals surface area contributed by atoms with Crippen LogP contribution in [0.15, 0.2) is 40.3 Å². The number of carbonyl (C=O) groups is 1. The quantitative estimate of drug-likeness (QED) is 0.631. The van der Waals surface area contributed by atoms with Crippen molar-refractivity contribution in [1.29, 1.82) is 0 Å². The van der Waals surface area contributed by atoms with Gasteiger partial charge in [-0.15, -0.1) is 0 Å². The number of nitrogens with zero attached hydrogens (tertiary/aromatic N) is 2. The Hall–Kier alpha value is -1.73. The van der Waals surface area contributed by atoms with E-state index < -0.39 is 0 Å². The van der Waals surface area contributed by atoms with Gasteiger partial charge in [0.1, 0.15) is 0 Å². The predicted octanol–water partition coefficient (Wildman–Crippen LogP) is 1.91. The Balaban J connectivity index is 2.53. The van der Waals surface area contributed by atoms with Gasteiger partial charge in [-0.1, -0.05) is 30.3 Å². The molecule has 0 unspecified atom stereocenters. The molecule has 3 nitrogen and oxygen atoms in total. The molecule has 0 atom stereocenters. The highest BCUT2D eigenvalue weighted by molar-refractivity contribution is 5.79. The van der Waals surface area contributed by atoms with E-state index in [9.17, 15) is 4.79 Å². The lowest BCUT2D eigenvalue weighted by molar-refractivity contribution is -0.115. The SMILES string of the molecule is CC(=O)N=C=NCc1ccccc1. The van der Waals surface area contributed by atoms with Crippen molar-refractivity contribution < 1.29 is 4.79 Å². The normalized spacial score (nSPS) is 8.69. The van der Waals surface area contributed by atoms with Crippen molar-refractivity contribution in [3.8, 4) is 0 Å². The molecule has 1 rings (SSSR count). The zero-order valence-electron chi connectivity index (χ0n) is 7.40. The molecule has 13 heavy (non-hydrogen) atoms. The highest BCUT2D eigenvalue weighted by Crippen LogP contribution is 1.98. The molecule has 0 fully saturated rings. The number of carbonyl (C=O) groups excluding carboxylic acids is 1. The second kappa shape index (κ2) is 5.01. The van der Waals surface area contributed by atoms with Crippen molar-refractivity contribution in [2.45, 2.75) is 13.5 Å². The summed E-state index contributed by atoms with van der Waals surface area (Å²) in [6.07, 6.45) is 0. The Bertz CT molecular complexity index is 337. The fraction of sp³-hybridized carbons (Fsp3) is 0.200. The third-order valence-electron chi connectivity index (χ3n) is 1.38. The minimum atomic E-state index is -0.281. The van der Waals surface area contributed by atoms with E-state index in [1.54, 1.807) is 0 Å². The molecule has 1 aromatic rings. The molecule has 0 aliphatic heterocycles. The van der Waals surface area contributed by atoms with E-state index in [-0.39, 0.29) is 5.91 Å². The van der Waals surface area contributed by atoms with Gasteiger partial charge in [-0.2, -0.15) is 4.99 Å². The van der Waals surface area contributed by atoms with E-state index >= 15 is 0 Å². The van der Waals surface area contributed by atoms with E-state index in [2.05, 4.69) is 16.0 Å². The van der Waals surface area contributed by atoms with Gasteiger partial charge in [-0.25, -0.2) is 4.99 Å². The van der Waals surface area contributed by atoms with E-state index in [0.717, 1.165) is 5.56 Å². The van der Waals surface area contributed by atoms with Crippen LogP contribution in [0.2, 0.25) is 0 Å². The highest BCUT2D eigenvalue weighted by atomic mass is 16.1. The van der Waals surface area contributed by atoms with Gasteiger partial charge in [0, 0.05) is 6.92 Å². The van der Waals surface area contributed by atoms with Gasteiger partial charge in [0.2, 0.25) is 0 Å². The van der Waals surface area contributed by atoms with Crippen molar-refractivity contribution in [2.24, 2.45) is 9.98 Å². The average Bonchev–Trinajstić information content (AvgIpc) is 2.14. The Morgan fingerprint density at radius 2 is 2.08 bits per heavy atom. The first-order chi connectivity index (χ1) is 6.29. The summed E-state index contributed by atoms with van der Waals surface area (Å²) in [5, 5.41) is 0. The van der Waals surface area contributed by atoms with Gasteiger partial charge in [0.25, 0.3) is 5.91 Å². The molecule has 0 aliphatic rings. The van der Waals surface area contributed by atoms with Crippen LogP contribution in [0.25, 0.3) is 0 Å². The second-order valence-electron chi connectivity index (χ2n) is 2.53. The van der Waals surface area contributed by atoms with Crippen molar-refractivity contribution in [1.82, 2.24) is 0 Å². The van der Waals surface area contributed by atoms with Crippen molar-refractivity contribution >= 4 is 11.9 Å². The summed E-state index contributed by atoms with van der Waals surface area (Å²) < 4.78 is 0. The average molecular weight is 174 g/mol. The molecule has 66 valence electrons. The maximum Gasteiger partial charge on any atom is 0.251 e. The topological polar surface area (TPSA) is 41.8 Å². The van der Waals surface area contributed by atoms with Gasteiger partial charge in [-0.3, -0.25) is 4.79 Å². The van der Waals surface area contributed by atoms with Crippen LogP contribution in [0, 0.1) is 0 Å². The first-order valence-corrected chi connectivity index (χ1v) is 3.96. The Morgan fingerprint density at radius 1 is 1.38 bits per heavy atom. The number of amides is 1. The van der Waals surface area contributed by atoms with Crippen LogP contribution in [-0.2, 0) is 11.3 Å². The van der Waals surface area contributed by atoms with Gasteiger partial charge in [0.05, 0.1) is 12.6 Å². The molecule has 0 aromatic heterocycles. The zero-order chi connectivity index (χ0) is 9.52. The van der Waals surface area contributed by atoms with Crippen LogP contribution >= 0.6 is 0 Å². The fourth-order valence-electron chi connectivity index (χ4n) is 0.816. The Labute approximate surface area is 76.8 Å². The lowest BCUT2D eigenvalue weighted by Gasteiger charge is -1.90. The molecule has 0 saturated heterocycles. The first-order valence-electron chi connectivity index (χ1n) is 3.96. The third kappa shape index (κ3) is 3.99. The van der Waals surface area contributed by atoms with Crippen LogP contribution in [0.4, 0.5) is 0 Å². The molecule has 0 N–H and O–H groups in total. The van der Waals surface area contributed by atoms with E-state index in [1.807, 2.05) is 30.3 Å². The molecule has 0 saturated carbocycles. The van der Waals surface area contributed by atoms with E-state index in [1.165, 1.54) is 6.92 Å². The van der Waals surface area contributed by atoms with E-state index in [0.29, 0.717) is 6.54 Å². The molecule has 1 amide bonds. The molecule has 0 aliphatic carbocycles.